The van der Waals surface area contributed by atoms with Gasteiger partial charge in [0.05, 0.1) is 17.8 Å². The molecule has 3 rings (SSSR count). The van der Waals surface area contributed by atoms with Crippen molar-refractivity contribution in [1.29, 1.82) is 0 Å². The quantitative estimate of drug-likeness (QED) is 0.549. The molecule has 1 heterocycles. The second-order valence-electron chi connectivity index (χ2n) is 11.0. The number of ether oxygens (including phenoxy) is 2. The Morgan fingerprint density at radius 3 is 2.19 bits per heavy atom. The van der Waals surface area contributed by atoms with Crippen LogP contribution in [0.4, 0.5) is 0 Å². The summed E-state index contributed by atoms with van der Waals surface area (Å²) in [7, 11) is 0. The predicted octanol–water partition coefficient (Wildman–Crippen LogP) is 3.99. The third-order valence-corrected chi connectivity index (χ3v) is 6.88. The van der Waals surface area contributed by atoms with Crippen LogP contribution < -0.4 is 0 Å². The Labute approximate surface area is 162 Å². The van der Waals surface area contributed by atoms with Gasteiger partial charge in [0, 0.05) is 0 Å². The zero-order valence-corrected chi connectivity index (χ0v) is 17.7. The van der Waals surface area contributed by atoms with Crippen molar-refractivity contribution >= 4 is 17.9 Å². The van der Waals surface area contributed by atoms with E-state index in [1.54, 1.807) is 6.92 Å². The molecule has 0 N–H and O–H groups in total. The number of rotatable bonds is 3. The zero-order chi connectivity index (χ0) is 20.3. The maximum absolute atomic E-state index is 12.8. The van der Waals surface area contributed by atoms with Crippen LogP contribution in [-0.4, -0.2) is 23.5 Å². The van der Waals surface area contributed by atoms with E-state index in [1.165, 1.54) is 0 Å². The molecule has 0 aromatic carbocycles. The molecule has 5 heteroatoms. The standard InChI is InChI=1S/C22H34O5/c1-11-13(19(24)26-18(11)23)10-15-14-8-12(17(15)21(2,3)4)9-16(14)20(25)27-22(5,6)7/h11-17H,8-10H2,1-7H3. The molecule has 1 aliphatic heterocycles. The highest BCUT2D eigenvalue weighted by Crippen LogP contribution is 2.62. The molecule has 1 saturated heterocycles. The van der Waals surface area contributed by atoms with Crippen LogP contribution in [0.2, 0.25) is 0 Å². The summed E-state index contributed by atoms with van der Waals surface area (Å²) in [6.45, 7) is 14.2. The highest BCUT2D eigenvalue weighted by Gasteiger charge is 2.59. The van der Waals surface area contributed by atoms with Gasteiger partial charge in [0.25, 0.3) is 0 Å². The lowest BCUT2D eigenvalue weighted by Gasteiger charge is -2.43. The van der Waals surface area contributed by atoms with E-state index in [0.29, 0.717) is 18.3 Å². The average molecular weight is 379 g/mol. The summed E-state index contributed by atoms with van der Waals surface area (Å²) < 4.78 is 10.6. The molecular formula is C22H34O5. The number of esters is 3. The summed E-state index contributed by atoms with van der Waals surface area (Å²) in [4.78, 5) is 36.8. The number of carbonyl (C=O) groups is 3. The number of hydrogen-bond donors (Lipinski definition) is 0. The summed E-state index contributed by atoms with van der Waals surface area (Å²) in [5.74, 6) is -0.398. The first-order chi connectivity index (χ1) is 12.3. The van der Waals surface area contributed by atoms with Gasteiger partial charge >= 0.3 is 17.9 Å². The lowest BCUT2D eigenvalue weighted by atomic mass is 9.61. The zero-order valence-electron chi connectivity index (χ0n) is 17.7. The van der Waals surface area contributed by atoms with E-state index in [9.17, 15) is 14.4 Å². The minimum Gasteiger partial charge on any atom is -0.460 e. The van der Waals surface area contributed by atoms with Gasteiger partial charge in [0.1, 0.15) is 5.60 Å². The van der Waals surface area contributed by atoms with Gasteiger partial charge in [-0.2, -0.15) is 0 Å². The number of cyclic esters (lactones) is 2. The summed E-state index contributed by atoms with van der Waals surface area (Å²) >= 11 is 0. The smallest absolute Gasteiger partial charge is 0.317 e. The van der Waals surface area contributed by atoms with Crippen LogP contribution in [0.5, 0.6) is 0 Å². The van der Waals surface area contributed by atoms with Gasteiger partial charge in [0.2, 0.25) is 0 Å². The fourth-order valence-corrected chi connectivity index (χ4v) is 6.04. The summed E-state index contributed by atoms with van der Waals surface area (Å²) in [6, 6.07) is 0. The fraction of sp³-hybridized carbons (Fsp3) is 0.864. The molecule has 2 aliphatic carbocycles. The molecule has 7 atom stereocenters. The van der Waals surface area contributed by atoms with E-state index in [1.807, 2.05) is 20.8 Å². The maximum Gasteiger partial charge on any atom is 0.317 e. The number of carbonyl (C=O) groups excluding carboxylic acids is 3. The van der Waals surface area contributed by atoms with E-state index < -0.39 is 23.5 Å². The lowest BCUT2D eigenvalue weighted by Crippen LogP contribution is -2.41. The molecule has 0 aromatic heterocycles. The molecule has 2 saturated carbocycles. The first-order valence-electron chi connectivity index (χ1n) is 10.3. The first-order valence-corrected chi connectivity index (χ1v) is 10.3. The summed E-state index contributed by atoms with van der Waals surface area (Å²) in [5, 5.41) is 0. The van der Waals surface area contributed by atoms with Crippen molar-refractivity contribution in [3.8, 4) is 0 Å². The summed E-state index contributed by atoms with van der Waals surface area (Å²) in [6.07, 6.45) is 2.52. The molecule has 3 aliphatic rings. The van der Waals surface area contributed by atoms with Gasteiger partial charge in [-0.05, 0) is 69.1 Å². The van der Waals surface area contributed by atoms with E-state index in [2.05, 4.69) is 20.8 Å². The summed E-state index contributed by atoms with van der Waals surface area (Å²) in [5.41, 5.74) is -0.396. The Hall–Kier alpha value is -1.39. The number of hydrogen-bond acceptors (Lipinski definition) is 5. The molecule has 0 aromatic rings. The molecule has 2 bridgehead atoms. The Kier molecular flexibility index (Phi) is 4.97. The van der Waals surface area contributed by atoms with Crippen molar-refractivity contribution in [3.05, 3.63) is 0 Å². The Morgan fingerprint density at radius 2 is 1.70 bits per heavy atom. The molecular weight excluding hydrogens is 344 g/mol. The van der Waals surface area contributed by atoms with E-state index in [-0.39, 0.29) is 35.1 Å². The van der Waals surface area contributed by atoms with Crippen LogP contribution in [0, 0.1) is 46.8 Å². The third-order valence-electron chi connectivity index (χ3n) is 6.88. The largest absolute Gasteiger partial charge is 0.460 e. The predicted molar refractivity (Wildman–Crippen MR) is 100 cm³/mol. The van der Waals surface area contributed by atoms with Crippen LogP contribution in [-0.2, 0) is 23.9 Å². The van der Waals surface area contributed by atoms with Gasteiger partial charge in [-0.1, -0.05) is 27.7 Å². The van der Waals surface area contributed by atoms with Gasteiger partial charge in [-0.15, -0.1) is 0 Å². The Morgan fingerprint density at radius 1 is 1.07 bits per heavy atom. The Balaban J connectivity index is 1.83. The van der Waals surface area contributed by atoms with E-state index >= 15 is 0 Å². The average Bonchev–Trinajstić information content (AvgIpc) is 3.12. The first kappa shape index (κ1) is 20.3. The van der Waals surface area contributed by atoms with Crippen LogP contribution in [0.1, 0.15) is 67.7 Å². The normalized spacial score (nSPS) is 39.0. The van der Waals surface area contributed by atoms with Crippen LogP contribution in [0.25, 0.3) is 0 Å². The van der Waals surface area contributed by atoms with Crippen molar-refractivity contribution < 1.29 is 23.9 Å². The van der Waals surface area contributed by atoms with Gasteiger partial charge in [0.15, 0.2) is 0 Å². The highest BCUT2D eigenvalue weighted by molar-refractivity contribution is 5.96. The monoisotopic (exact) mass is 378 g/mol. The molecule has 7 unspecified atom stereocenters. The second kappa shape index (κ2) is 6.59. The molecule has 0 radical (unpaired) electrons. The Bertz CT molecular complexity index is 638. The molecule has 27 heavy (non-hydrogen) atoms. The van der Waals surface area contributed by atoms with Gasteiger partial charge in [-0.25, -0.2) is 0 Å². The van der Waals surface area contributed by atoms with Crippen molar-refractivity contribution in [1.82, 2.24) is 0 Å². The number of fused-ring (bicyclic) bond motifs is 2. The van der Waals surface area contributed by atoms with Gasteiger partial charge in [-0.3, -0.25) is 14.4 Å². The van der Waals surface area contributed by atoms with Crippen molar-refractivity contribution in [2.45, 2.75) is 73.3 Å². The van der Waals surface area contributed by atoms with Gasteiger partial charge < -0.3 is 9.47 Å². The minimum absolute atomic E-state index is 0.0960. The van der Waals surface area contributed by atoms with Crippen LogP contribution in [0.3, 0.4) is 0 Å². The molecule has 0 spiro atoms. The molecule has 0 amide bonds. The van der Waals surface area contributed by atoms with Crippen LogP contribution >= 0.6 is 0 Å². The minimum atomic E-state index is -0.492. The topological polar surface area (TPSA) is 69.7 Å². The van der Waals surface area contributed by atoms with Crippen LogP contribution in [0.15, 0.2) is 0 Å². The third kappa shape index (κ3) is 3.79. The molecule has 152 valence electrons. The fourth-order valence-electron chi connectivity index (χ4n) is 6.04. The maximum atomic E-state index is 12.8. The SMILES string of the molecule is CC1C(=O)OC(=O)C1CC1C2CC(CC2C(=O)OC(C)(C)C)C1C(C)(C)C. The second-order valence-corrected chi connectivity index (χ2v) is 11.0. The van der Waals surface area contributed by atoms with Crippen molar-refractivity contribution in [2.24, 2.45) is 46.8 Å². The molecule has 3 fully saturated rings. The molecule has 5 nitrogen and oxygen atoms in total. The van der Waals surface area contributed by atoms with E-state index in [0.717, 1.165) is 12.8 Å². The van der Waals surface area contributed by atoms with Crippen molar-refractivity contribution in [3.63, 3.8) is 0 Å². The van der Waals surface area contributed by atoms with Crippen molar-refractivity contribution in [2.75, 3.05) is 0 Å². The highest BCUT2D eigenvalue weighted by atomic mass is 16.6. The lowest BCUT2D eigenvalue weighted by molar-refractivity contribution is -0.164. The van der Waals surface area contributed by atoms with E-state index in [4.69, 9.17) is 9.47 Å².